The molecule has 3 nitrogen and oxygen atoms in total. The molecule has 1 N–H and O–H groups in total. The summed E-state index contributed by atoms with van der Waals surface area (Å²) in [4.78, 5) is 11.8. The van der Waals surface area contributed by atoms with E-state index in [1.165, 1.54) is 44.1 Å². The molecule has 200 valence electrons. The summed E-state index contributed by atoms with van der Waals surface area (Å²) < 4.78 is 5.87. The predicted molar refractivity (Wildman–Crippen MR) is 144 cm³/mol. The van der Waals surface area contributed by atoms with Crippen LogP contribution in [-0.2, 0) is 9.53 Å². The Kier molecular flexibility index (Phi) is 6.91. The van der Waals surface area contributed by atoms with E-state index in [0.717, 1.165) is 37.5 Å². The van der Waals surface area contributed by atoms with E-state index in [4.69, 9.17) is 4.74 Å². The molecule has 0 aromatic rings. The van der Waals surface area contributed by atoms with Gasteiger partial charge in [-0.3, -0.25) is 4.79 Å². The molecule has 0 aromatic heterocycles. The Labute approximate surface area is 215 Å². The molecule has 9 atom stereocenters. The van der Waals surface area contributed by atoms with Crippen LogP contribution in [0, 0.1) is 45.3 Å². The van der Waals surface area contributed by atoms with Crippen molar-refractivity contribution in [3.8, 4) is 0 Å². The van der Waals surface area contributed by atoms with Gasteiger partial charge in [0.1, 0.15) is 6.10 Å². The van der Waals surface area contributed by atoms with Crippen molar-refractivity contribution in [3.63, 3.8) is 0 Å². The molecule has 0 aromatic carbocycles. The van der Waals surface area contributed by atoms with Gasteiger partial charge in [0.05, 0.1) is 5.60 Å². The van der Waals surface area contributed by atoms with Gasteiger partial charge in [0, 0.05) is 12.3 Å². The van der Waals surface area contributed by atoms with E-state index in [1.54, 1.807) is 6.92 Å². The van der Waals surface area contributed by atoms with E-state index >= 15 is 0 Å². The summed E-state index contributed by atoms with van der Waals surface area (Å²) in [5.41, 5.74) is 1.59. The first-order chi connectivity index (χ1) is 16.1. The van der Waals surface area contributed by atoms with Crippen molar-refractivity contribution in [1.82, 2.24) is 0 Å². The fourth-order valence-electron chi connectivity index (χ4n) is 10.7. The van der Waals surface area contributed by atoms with Crippen LogP contribution in [0.25, 0.3) is 0 Å². The van der Waals surface area contributed by atoms with Gasteiger partial charge in [-0.2, -0.15) is 0 Å². The van der Waals surface area contributed by atoms with E-state index in [1.807, 2.05) is 0 Å². The molecule has 4 fully saturated rings. The van der Waals surface area contributed by atoms with Gasteiger partial charge in [-0.15, -0.1) is 0 Å². The number of hydrogen-bond acceptors (Lipinski definition) is 3. The largest absolute Gasteiger partial charge is 0.462 e. The van der Waals surface area contributed by atoms with Crippen molar-refractivity contribution in [2.45, 2.75) is 138 Å². The normalized spacial score (nSPS) is 45.9. The summed E-state index contributed by atoms with van der Waals surface area (Å²) in [6, 6.07) is 0. The highest BCUT2D eigenvalue weighted by molar-refractivity contribution is 5.66. The Morgan fingerprint density at radius 2 is 1.57 bits per heavy atom. The average Bonchev–Trinajstić information content (AvgIpc) is 3.02. The Balaban J connectivity index is 1.59. The van der Waals surface area contributed by atoms with Crippen LogP contribution in [0.2, 0.25) is 0 Å². The second-order valence-corrected chi connectivity index (χ2v) is 14.9. The molecule has 0 aliphatic heterocycles. The second-order valence-electron chi connectivity index (χ2n) is 14.9. The Morgan fingerprint density at radius 3 is 2.20 bits per heavy atom. The lowest BCUT2D eigenvalue weighted by Crippen LogP contribution is -2.62. The first-order valence-corrected chi connectivity index (χ1v) is 14.6. The summed E-state index contributed by atoms with van der Waals surface area (Å²) in [5.74, 6) is 2.34. The van der Waals surface area contributed by atoms with Gasteiger partial charge < -0.3 is 9.84 Å². The Bertz CT molecular complexity index is 851. The van der Waals surface area contributed by atoms with Crippen LogP contribution >= 0.6 is 0 Å². The first kappa shape index (κ1) is 27.2. The number of carbonyl (C=O) groups excluding carboxylic acids is 1. The van der Waals surface area contributed by atoms with Crippen molar-refractivity contribution in [1.29, 1.82) is 0 Å². The highest BCUT2D eigenvalue weighted by Crippen LogP contribution is 2.75. The van der Waals surface area contributed by atoms with Crippen LogP contribution in [0.15, 0.2) is 11.6 Å². The van der Waals surface area contributed by atoms with E-state index < -0.39 is 5.60 Å². The summed E-state index contributed by atoms with van der Waals surface area (Å²) in [6.45, 7) is 20.5. The maximum absolute atomic E-state index is 11.8. The maximum Gasteiger partial charge on any atom is 0.302 e. The topological polar surface area (TPSA) is 46.5 Å². The quantitative estimate of drug-likeness (QED) is 0.315. The Hall–Kier alpha value is -0.830. The molecule has 1 unspecified atom stereocenters. The standard InChI is InChI=1S/C32H54O3/c1-21(2)11-10-17-32(9,34)26-15-20-30(7)24-12-13-25-28(4,5)27(35-22(3)33)16-18-29(25,6)23(24)14-19-31(26,30)8/h11,23-27,34H,10,12-20H2,1-9H3/t23-,24+,25?,26-,27-,29+,30+,31-,32-/m0/s1. The molecule has 4 rings (SSSR count). The van der Waals surface area contributed by atoms with Crippen molar-refractivity contribution in [2.75, 3.05) is 0 Å². The zero-order valence-corrected chi connectivity index (χ0v) is 24.3. The number of allylic oxidation sites excluding steroid dienone is 2. The maximum atomic E-state index is 11.8. The van der Waals surface area contributed by atoms with Crippen LogP contribution in [0.1, 0.15) is 127 Å². The number of aliphatic hydroxyl groups is 1. The van der Waals surface area contributed by atoms with Gasteiger partial charge in [0.2, 0.25) is 0 Å². The van der Waals surface area contributed by atoms with Crippen molar-refractivity contribution < 1.29 is 14.6 Å². The van der Waals surface area contributed by atoms with E-state index in [2.05, 4.69) is 61.5 Å². The number of carbonyl (C=O) groups is 1. The lowest BCUT2D eigenvalue weighted by Gasteiger charge is -2.67. The zero-order valence-electron chi connectivity index (χ0n) is 24.3. The molecule has 0 amide bonds. The molecule has 4 saturated carbocycles. The zero-order chi connectivity index (χ0) is 26.0. The van der Waals surface area contributed by atoms with Gasteiger partial charge in [-0.1, -0.05) is 46.3 Å². The minimum Gasteiger partial charge on any atom is -0.462 e. The molecule has 4 aliphatic carbocycles. The minimum atomic E-state index is -0.601. The van der Waals surface area contributed by atoms with Crippen molar-refractivity contribution in [3.05, 3.63) is 11.6 Å². The summed E-state index contributed by atoms with van der Waals surface area (Å²) in [5, 5.41) is 11.8. The smallest absolute Gasteiger partial charge is 0.302 e. The molecule has 0 spiro atoms. The molecular weight excluding hydrogens is 432 g/mol. The third kappa shape index (κ3) is 4.15. The molecule has 35 heavy (non-hydrogen) atoms. The molecule has 0 saturated heterocycles. The number of ether oxygens (including phenoxy) is 1. The SMILES string of the molecule is CC(=O)O[C@H]1CC[C@@]2(C)C(CC[C@@H]3[C@@H]2CC[C@@]2(C)[C@@H]([C@@](C)(O)CCC=C(C)C)CC[C@]32C)C1(C)C. The lowest BCUT2D eigenvalue weighted by molar-refractivity contribution is -0.214. The number of hydrogen-bond donors (Lipinski definition) is 1. The lowest BCUT2D eigenvalue weighted by atomic mass is 9.38. The van der Waals surface area contributed by atoms with E-state index in [9.17, 15) is 9.90 Å². The molecule has 0 radical (unpaired) electrons. The van der Waals surface area contributed by atoms with Gasteiger partial charge >= 0.3 is 5.97 Å². The van der Waals surface area contributed by atoms with Gasteiger partial charge in [0.25, 0.3) is 0 Å². The van der Waals surface area contributed by atoms with Crippen LogP contribution in [0.5, 0.6) is 0 Å². The summed E-state index contributed by atoms with van der Waals surface area (Å²) >= 11 is 0. The van der Waals surface area contributed by atoms with Crippen LogP contribution in [0.3, 0.4) is 0 Å². The molecule has 3 heteroatoms. The summed E-state index contributed by atoms with van der Waals surface area (Å²) in [6.07, 6.45) is 13.8. The predicted octanol–water partition coefficient (Wildman–Crippen LogP) is 8.10. The third-order valence-corrected chi connectivity index (χ3v) is 12.6. The molecule has 4 aliphatic rings. The van der Waals surface area contributed by atoms with Gasteiger partial charge in [-0.25, -0.2) is 0 Å². The van der Waals surface area contributed by atoms with Crippen molar-refractivity contribution in [2.24, 2.45) is 45.3 Å². The fourth-order valence-corrected chi connectivity index (χ4v) is 10.7. The first-order valence-electron chi connectivity index (χ1n) is 14.6. The van der Waals surface area contributed by atoms with E-state index in [0.29, 0.717) is 22.7 Å². The monoisotopic (exact) mass is 486 g/mol. The van der Waals surface area contributed by atoms with Crippen LogP contribution in [0.4, 0.5) is 0 Å². The highest BCUT2D eigenvalue weighted by Gasteiger charge is 2.69. The molecule has 0 heterocycles. The molecular formula is C32H54O3. The highest BCUT2D eigenvalue weighted by atomic mass is 16.5. The second kappa shape index (κ2) is 8.88. The average molecular weight is 487 g/mol. The van der Waals surface area contributed by atoms with E-state index in [-0.39, 0.29) is 22.9 Å². The van der Waals surface area contributed by atoms with Crippen LogP contribution < -0.4 is 0 Å². The van der Waals surface area contributed by atoms with Gasteiger partial charge in [-0.05, 0) is 125 Å². The number of rotatable bonds is 5. The third-order valence-electron chi connectivity index (χ3n) is 12.6. The van der Waals surface area contributed by atoms with Gasteiger partial charge in [0.15, 0.2) is 0 Å². The molecule has 0 bridgehead atoms. The van der Waals surface area contributed by atoms with Crippen LogP contribution in [-0.4, -0.2) is 22.8 Å². The van der Waals surface area contributed by atoms with Crippen molar-refractivity contribution >= 4 is 5.97 Å². The Morgan fingerprint density at radius 1 is 0.914 bits per heavy atom. The number of esters is 1. The minimum absolute atomic E-state index is 0.0259. The summed E-state index contributed by atoms with van der Waals surface area (Å²) in [7, 11) is 0. The number of fused-ring (bicyclic) bond motifs is 5. The fraction of sp³-hybridized carbons (Fsp3) is 0.906.